The number of hydrogen-bond donors (Lipinski definition) is 0. The van der Waals surface area contributed by atoms with Crippen LogP contribution in [-0.2, 0) is 39.9 Å². The lowest BCUT2D eigenvalue weighted by Gasteiger charge is -2.06. The van der Waals surface area contributed by atoms with Crippen LogP contribution < -0.4 is 8.37 Å². The summed E-state index contributed by atoms with van der Waals surface area (Å²) < 4.78 is 103. The number of nitrogens with zero attached hydrogens (tertiary/aromatic N) is 2. The normalized spacial score (nSPS) is 12.6. The van der Waals surface area contributed by atoms with Crippen LogP contribution in [0.1, 0.15) is 0 Å². The maximum Gasteiger partial charge on any atom is 0.504 e. The summed E-state index contributed by atoms with van der Waals surface area (Å²) in [6.07, 6.45) is 1.54. The van der Waals surface area contributed by atoms with E-state index in [-0.39, 0.29) is 11.5 Å². The highest BCUT2D eigenvalue weighted by molar-refractivity contribution is 8.31. The van der Waals surface area contributed by atoms with Gasteiger partial charge in [-0.2, -0.15) is 16.8 Å². The third-order valence-corrected chi connectivity index (χ3v) is 8.48. The van der Waals surface area contributed by atoms with Crippen molar-refractivity contribution in [3.63, 3.8) is 0 Å². The molecule has 2 aromatic rings. The Hall–Kier alpha value is -2.78. The molecule has 168 valence electrons. The predicted octanol–water partition coefficient (Wildman–Crippen LogP) is 0.197. The molecule has 0 amide bonds. The first-order chi connectivity index (χ1) is 14.1. The van der Waals surface area contributed by atoms with Gasteiger partial charge in [-0.05, 0) is 48.5 Å². The van der Waals surface area contributed by atoms with E-state index in [2.05, 4.69) is 13.2 Å². The van der Waals surface area contributed by atoms with E-state index in [9.17, 15) is 33.7 Å². The van der Waals surface area contributed by atoms with Crippen LogP contribution in [0.5, 0.6) is 11.5 Å². The van der Waals surface area contributed by atoms with Crippen molar-refractivity contribution in [3.8, 4) is 11.5 Å². The van der Waals surface area contributed by atoms with Crippen LogP contribution in [0.4, 0.5) is 0 Å². The molecule has 12 nitrogen and oxygen atoms in total. The average molecular weight is 511 g/mol. The molecule has 0 heterocycles. The molecule has 0 bridgehead atoms. The van der Waals surface area contributed by atoms with Gasteiger partial charge in [-0.1, -0.05) is 0 Å². The fraction of sp³-hybridized carbons (Fsp3) is 0.133. The monoisotopic (exact) mass is 510 g/mol. The summed E-state index contributed by atoms with van der Waals surface area (Å²) in [6, 6.07) is 7.30. The van der Waals surface area contributed by atoms with Crippen LogP contribution in [0.2, 0.25) is 0 Å². The second-order valence-corrected chi connectivity index (χ2v) is 13.0. The van der Waals surface area contributed by atoms with Gasteiger partial charge in [0, 0.05) is 0 Å². The van der Waals surface area contributed by atoms with Gasteiger partial charge in [0.1, 0.15) is 11.5 Å². The molecule has 0 unspecified atom stereocenters. The molecule has 0 spiro atoms. The summed E-state index contributed by atoms with van der Waals surface area (Å²) in [4.78, 5) is 1.19. The zero-order valence-corrected chi connectivity index (χ0v) is 19.0. The zero-order chi connectivity index (χ0) is 23.7. The maximum absolute atomic E-state index is 12.7. The van der Waals surface area contributed by atoms with Gasteiger partial charge in [0.25, 0.3) is 19.7 Å². The van der Waals surface area contributed by atoms with Crippen LogP contribution in [-0.4, -0.2) is 55.3 Å². The van der Waals surface area contributed by atoms with Crippen LogP contribution in [0.3, 0.4) is 0 Å². The van der Waals surface area contributed by atoms with E-state index in [1.165, 1.54) is 0 Å². The Kier molecular flexibility index (Phi) is 6.63. The van der Waals surface area contributed by atoms with Gasteiger partial charge in [0.05, 0.1) is 22.3 Å². The minimum Gasteiger partial charge on any atom is -0.383 e. The molecule has 0 aromatic heterocycles. The molecule has 0 saturated heterocycles. The van der Waals surface area contributed by atoms with Crippen molar-refractivity contribution >= 4 is 44.3 Å². The largest absolute Gasteiger partial charge is 0.504 e. The fourth-order valence-corrected chi connectivity index (χ4v) is 6.41. The van der Waals surface area contributed by atoms with E-state index < -0.39 is 54.1 Å². The summed E-state index contributed by atoms with van der Waals surface area (Å²) in [5, 5.41) is 0. The first-order valence-corrected chi connectivity index (χ1v) is 14.4. The Balaban J connectivity index is 2.44. The van der Waals surface area contributed by atoms with Crippen molar-refractivity contribution in [1.29, 1.82) is 0 Å². The van der Waals surface area contributed by atoms with Crippen molar-refractivity contribution in [2.24, 2.45) is 0 Å². The van der Waals surface area contributed by atoms with Crippen LogP contribution >= 0.6 is 0 Å². The van der Waals surface area contributed by atoms with Crippen molar-refractivity contribution < 1.29 is 46.8 Å². The zero-order valence-electron chi connectivity index (χ0n) is 15.7. The van der Waals surface area contributed by atoms with Crippen molar-refractivity contribution in [1.82, 2.24) is 0 Å². The van der Waals surface area contributed by atoms with Gasteiger partial charge in [-0.25, -0.2) is 16.8 Å². The first-order valence-electron chi connectivity index (χ1n) is 7.77. The van der Waals surface area contributed by atoms with Gasteiger partial charge >= 0.3 is 24.6 Å². The van der Waals surface area contributed by atoms with Gasteiger partial charge in [-0.3, -0.25) is 0 Å². The third-order valence-electron chi connectivity index (χ3n) is 3.30. The second-order valence-electron chi connectivity index (χ2n) is 5.89. The molecule has 0 aliphatic rings. The lowest BCUT2D eigenvalue weighted by atomic mass is 10.3. The minimum atomic E-state index is -4.88. The fourth-order valence-electron chi connectivity index (χ4n) is 2.15. The molecular weight excluding hydrogens is 496 g/mol. The van der Waals surface area contributed by atoms with Crippen LogP contribution in [0.15, 0.2) is 58.3 Å². The van der Waals surface area contributed by atoms with Crippen LogP contribution in [0, 0.1) is 0 Å². The Morgan fingerprint density at radius 1 is 0.645 bits per heavy atom. The number of rotatable bonds is 6. The van der Waals surface area contributed by atoms with E-state index in [0.29, 0.717) is 0 Å². The standard InChI is InChI=1S/C15H14N2O10S4/c1-28(18,19)26-11-3-7-13(8-4-11)30(22,23)15(17-16)31(24,25)14-9-5-12(6-10-14)27-29(2,20)21/h3-10H,1-2H3. The highest BCUT2D eigenvalue weighted by atomic mass is 32.3. The lowest BCUT2D eigenvalue weighted by Crippen LogP contribution is -2.26. The van der Waals surface area contributed by atoms with E-state index in [0.717, 1.165) is 61.0 Å². The highest BCUT2D eigenvalue weighted by Gasteiger charge is 2.44. The Bertz CT molecular complexity index is 1360. The average Bonchev–Trinajstić information content (AvgIpc) is 2.60. The third kappa shape index (κ3) is 6.11. The topological polar surface area (TPSA) is 191 Å². The number of hydrogen-bond acceptors (Lipinski definition) is 10. The van der Waals surface area contributed by atoms with Crippen molar-refractivity contribution in [2.45, 2.75) is 9.79 Å². The molecule has 2 rings (SSSR count). The Labute approximate surface area is 178 Å². The van der Waals surface area contributed by atoms with Gasteiger partial charge in [0.2, 0.25) is 0 Å². The summed E-state index contributed by atoms with van der Waals surface area (Å²) >= 11 is 0. The molecule has 0 aliphatic heterocycles. The number of sulfone groups is 2. The molecule has 0 saturated carbocycles. The Morgan fingerprint density at radius 3 is 1.16 bits per heavy atom. The maximum atomic E-state index is 12.7. The molecule has 2 aromatic carbocycles. The second kappa shape index (κ2) is 8.39. The van der Waals surface area contributed by atoms with E-state index in [4.69, 9.17) is 5.53 Å². The predicted molar refractivity (Wildman–Crippen MR) is 107 cm³/mol. The Morgan fingerprint density at radius 2 is 0.935 bits per heavy atom. The number of benzene rings is 2. The van der Waals surface area contributed by atoms with Crippen molar-refractivity contribution in [3.05, 3.63) is 54.1 Å². The molecule has 0 atom stereocenters. The van der Waals surface area contributed by atoms with Gasteiger partial charge < -0.3 is 13.9 Å². The molecule has 0 aliphatic carbocycles. The lowest BCUT2D eigenvalue weighted by molar-refractivity contribution is 0.00380. The van der Waals surface area contributed by atoms with Crippen LogP contribution in [0.25, 0.3) is 5.53 Å². The van der Waals surface area contributed by atoms with E-state index in [1.54, 1.807) is 0 Å². The molecule has 0 N–H and O–H groups in total. The molecular formula is C15H14N2O10S4. The quantitative estimate of drug-likeness (QED) is 0.170. The smallest absolute Gasteiger partial charge is 0.383 e. The molecule has 0 radical (unpaired) electrons. The summed E-state index contributed by atoms with van der Waals surface area (Å²) in [5.74, 6) is -0.457. The van der Waals surface area contributed by atoms with Gasteiger partial charge in [0.15, 0.2) is 0 Å². The summed E-state index contributed by atoms with van der Waals surface area (Å²) in [7, 11) is -17.5. The molecule has 0 fully saturated rings. The molecule has 31 heavy (non-hydrogen) atoms. The van der Waals surface area contributed by atoms with E-state index >= 15 is 0 Å². The molecule has 16 heteroatoms. The minimum absolute atomic E-state index is 0.228. The highest BCUT2D eigenvalue weighted by Crippen LogP contribution is 2.24. The van der Waals surface area contributed by atoms with Gasteiger partial charge in [-0.15, -0.1) is 4.79 Å². The SMILES string of the molecule is CS(=O)(=O)Oc1ccc(S(=O)(=O)C(=[N+]=[N-])S(=O)(=O)c2ccc(OS(C)(=O)=O)cc2)cc1. The van der Waals surface area contributed by atoms with E-state index in [1.807, 2.05) is 0 Å². The summed E-state index contributed by atoms with van der Waals surface area (Å²) in [5.41, 5.74) is 9.16. The first kappa shape index (κ1) is 24.5. The van der Waals surface area contributed by atoms with Crippen molar-refractivity contribution in [2.75, 3.05) is 12.5 Å². The summed E-state index contributed by atoms with van der Waals surface area (Å²) in [6.45, 7) is 0.